The van der Waals surface area contributed by atoms with Gasteiger partial charge in [-0.05, 0) is 12.5 Å². The summed E-state index contributed by atoms with van der Waals surface area (Å²) in [7, 11) is 1.55. The van der Waals surface area contributed by atoms with Gasteiger partial charge in [0.05, 0.1) is 0 Å². The van der Waals surface area contributed by atoms with Crippen LogP contribution >= 0.6 is 0 Å². The van der Waals surface area contributed by atoms with Gasteiger partial charge in [-0.15, -0.1) is 0 Å². The maximum Gasteiger partial charge on any atom is 0.251 e. The zero-order valence-corrected chi connectivity index (χ0v) is 10.9. The van der Waals surface area contributed by atoms with E-state index in [1.807, 2.05) is 18.2 Å². The average Bonchev–Trinajstić information content (AvgIpc) is 2.80. The molecular weight excluding hydrogens is 228 g/mol. The van der Waals surface area contributed by atoms with Crippen LogP contribution in [0.2, 0.25) is 0 Å². The fourth-order valence-electron chi connectivity index (χ4n) is 2.42. The molecule has 2 rings (SSSR count). The van der Waals surface area contributed by atoms with E-state index in [1.54, 1.807) is 18.9 Å². The first-order valence-electron chi connectivity index (χ1n) is 6.25. The van der Waals surface area contributed by atoms with Gasteiger partial charge in [-0.3, -0.25) is 4.79 Å². The van der Waals surface area contributed by atoms with E-state index in [0.717, 1.165) is 0 Å². The molecule has 1 amide bonds. The van der Waals surface area contributed by atoms with E-state index in [0.29, 0.717) is 13.1 Å². The quantitative estimate of drug-likeness (QED) is 0.867. The van der Waals surface area contributed by atoms with E-state index < -0.39 is 6.10 Å². The Morgan fingerprint density at radius 2 is 2.06 bits per heavy atom. The van der Waals surface area contributed by atoms with Crippen LogP contribution in [0.25, 0.3) is 0 Å². The van der Waals surface area contributed by atoms with Crippen LogP contribution in [-0.4, -0.2) is 43.2 Å². The highest BCUT2D eigenvalue weighted by Gasteiger charge is 2.35. The number of rotatable bonds is 3. The summed E-state index contributed by atoms with van der Waals surface area (Å²) in [4.78, 5) is 13.8. The van der Waals surface area contributed by atoms with Crippen LogP contribution in [-0.2, 0) is 9.53 Å². The Kier molecular flexibility index (Phi) is 3.99. The number of ether oxygens (including phenoxy) is 1. The third-order valence-electron chi connectivity index (χ3n) is 3.61. The van der Waals surface area contributed by atoms with E-state index in [9.17, 15) is 4.79 Å². The second-order valence-electron chi connectivity index (χ2n) is 4.80. The van der Waals surface area contributed by atoms with E-state index in [-0.39, 0.29) is 17.9 Å². The van der Waals surface area contributed by atoms with Crippen LogP contribution in [0, 0.1) is 0 Å². The molecule has 1 aliphatic heterocycles. The lowest BCUT2D eigenvalue weighted by Crippen LogP contribution is -2.38. The number of carbonyl (C=O) groups is 1. The zero-order chi connectivity index (χ0) is 13.1. The third-order valence-corrected chi connectivity index (χ3v) is 3.61. The van der Waals surface area contributed by atoms with Crippen molar-refractivity contribution in [2.75, 3.05) is 20.2 Å². The molecule has 1 unspecified atom stereocenters. The summed E-state index contributed by atoms with van der Waals surface area (Å²) in [6.45, 7) is 3.05. The monoisotopic (exact) mass is 248 g/mol. The molecule has 0 saturated carbocycles. The van der Waals surface area contributed by atoms with Crippen LogP contribution < -0.4 is 5.73 Å². The Labute approximate surface area is 108 Å². The fourth-order valence-corrected chi connectivity index (χ4v) is 2.42. The number of nitrogens with two attached hydrogens (primary N) is 1. The fraction of sp³-hybridized carbons (Fsp3) is 0.500. The lowest BCUT2D eigenvalue weighted by atomic mass is 9.95. The van der Waals surface area contributed by atoms with Crippen molar-refractivity contribution in [3.63, 3.8) is 0 Å². The summed E-state index contributed by atoms with van der Waals surface area (Å²) in [5.41, 5.74) is 7.35. The number of nitrogens with zero attached hydrogens (tertiary/aromatic N) is 1. The van der Waals surface area contributed by atoms with Crippen molar-refractivity contribution in [3.05, 3.63) is 35.9 Å². The smallest absolute Gasteiger partial charge is 0.251 e. The van der Waals surface area contributed by atoms with Crippen LogP contribution in [0.3, 0.4) is 0 Å². The second-order valence-corrected chi connectivity index (χ2v) is 4.80. The van der Waals surface area contributed by atoms with Gasteiger partial charge in [0, 0.05) is 32.2 Å². The Bertz CT molecular complexity index is 408. The Hall–Kier alpha value is -1.39. The lowest BCUT2D eigenvalue weighted by molar-refractivity contribution is -0.139. The highest BCUT2D eigenvalue weighted by molar-refractivity contribution is 5.81. The minimum atomic E-state index is -0.397. The summed E-state index contributed by atoms with van der Waals surface area (Å²) >= 11 is 0. The minimum absolute atomic E-state index is 0.000376. The van der Waals surface area contributed by atoms with E-state index in [1.165, 1.54) is 5.56 Å². The first-order valence-corrected chi connectivity index (χ1v) is 6.25. The molecule has 0 aliphatic carbocycles. The maximum atomic E-state index is 12.0. The van der Waals surface area contributed by atoms with Crippen molar-refractivity contribution in [2.45, 2.75) is 25.0 Å². The van der Waals surface area contributed by atoms with E-state index in [4.69, 9.17) is 10.5 Å². The van der Waals surface area contributed by atoms with Gasteiger partial charge in [-0.1, -0.05) is 30.3 Å². The molecule has 2 N–H and O–H groups in total. The predicted octanol–water partition coefficient (Wildman–Crippen LogP) is 0.975. The summed E-state index contributed by atoms with van der Waals surface area (Å²) in [6, 6.07) is 10.1. The molecule has 98 valence electrons. The molecule has 18 heavy (non-hydrogen) atoms. The van der Waals surface area contributed by atoms with Crippen LogP contribution in [0.4, 0.5) is 0 Å². The van der Waals surface area contributed by atoms with Crippen molar-refractivity contribution >= 4 is 5.91 Å². The van der Waals surface area contributed by atoms with Crippen molar-refractivity contribution in [1.29, 1.82) is 0 Å². The molecule has 0 radical (unpaired) electrons. The van der Waals surface area contributed by atoms with E-state index in [2.05, 4.69) is 12.1 Å². The number of amides is 1. The highest BCUT2D eigenvalue weighted by atomic mass is 16.5. The molecule has 1 heterocycles. The van der Waals surface area contributed by atoms with Gasteiger partial charge in [-0.2, -0.15) is 0 Å². The van der Waals surface area contributed by atoms with Gasteiger partial charge in [0.1, 0.15) is 6.10 Å². The van der Waals surface area contributed by atoms with Gasteiger partial charge >= 0.3 is 0 Å². The topological polar surface area (TPSA) is 55.6 Å². The number of benzene rings is 1. The molecule has 3 atom stereocenters. The maximum absolute atomic E-state index is 12.0. The zero-order valence-electron chi connectivity index (χ0n) is 10.9. The minimum Gasteiger partial charge on any atom is -0.372 e. The Balaban J connectivity index is 2.08. The van der Waals surface area contributed by atoms with Crippen LogP contribution in [0.1, 0.15) is 18.4 Å². The van der Waals surface area contributed by atoms with Crippen LogP contribution in [0.5, 0.6) is 0 Å². The Morgan fingerprint density at radius 3 is 2.67 bits per heavy atom. The Morgan fingerprint density at radius 1 is 1.39 bits per heavy atom. The van der Waals surface area contributed by atoms with Crippen LogP contribution in [0.15, 0.2) is 30.3 Å². The van der Waals surface area contributed by atoms with Crippen molar-refractivity contribution in [2.24, 2.45) is 5.73 Å². The number of methoxy groups -OCH3 is 1. The first-order chi connectivity index (χ1) is 8.63. The number of carbonyl (C=O) groups excluding carboxylic acids is 1. The standard InChI is InChI=1S/C14H20N2O2/c1-10(18-2)14(17)16-8-12(13(15)9-16)11-6-4-3-5-7-11/h3-7,10,12-13H,8-9,15H2,1-2H3/t10?,12-,13+/m0/s1. The summed E-state index contributed by atoms with van der Waals surface area (Å²) in [6.07, 6.45) is -0.397. The molecule has 4 heteroatoms. The predicted molar refractivity (Wildman–Crippen MR) is 70.2 cm³/mol. The average molecular weight is 248 g/mol. The van der Waals surface area contributed by atoms with Gasteiger partial charge in [0.2, 0.25) is 0 Å². The molecule has 0 spiro atoms. The SMILES string of the molecule is COC(C)C(=O)N1C[C@@H](N)[C@H](c2ccccc2)C1. The van der Waals surface area contributed by atoms with Gasteiger partial charge in [0.15, 0.2) is 0 Å². The van der Waals surface area contributed by atoms with Gasteiger partial charge < -0.3 is 15.4 Å². The molecule has 4 nitrogen and oxygen atoms in total. The molecular formula is C14H20N2O2. The number of hydrogen-bond donors (Lipinski definition) is 1. The van der Waals surface area contributed by atoms with Crippen molar-refractivity contribution < 1.29 is 9.53 Å². The molecule has 1 aliphatic rings. The summed E-state index contributed by atoms with van der Waals surface area (Å²) in [5, 5.41) is 0. The molecule has 1 fully saturated rings. The van der Waals surface area contributed by atoms with Gasteiger partial charge in [0.25, 0.3) is 5.91 Å². The molecule has 1 aromatic carbocycles. The third kappa shape index (κ3) is 2.54. The summed E-state index contributed by atoms with van der Waals surface area (Å²) in [5.74, 6) is 0.241. The molecule has 1 saturated heterocycles. The molecule has 0 bridgehead atoms. The van der Waals surface area contributed by atoms with Gasteiger partial charge in [-0.25, -0.2) is 0 Å². The largest absolute Gasteiger partial charge is 0.372 e. The van der Waals surface area contributed by atoms with E-state index >= 15 is 0 Å². The van der Waals surface area contributed by atoms with Crippen molar-refractivity contribution in [3.8, 4) is 0 Å². The second kappa shape index (κ2) is 5.50. The molecule has 0 aromatic heterocycles. The lowest BCUT2D eigenvalue weighted by Gasteiger charge is -2.19. The summed E-state index contributed by atoms with van der Waals surface area (Å²) < 4.78 is 5.07. The normalized spacial score (nSPS) is 25.2. The highest BCUT2D eigenvalue weighted by Crippen LogP contribution is 2.26. The molecule has 1 aromatic rings. The first kappa shape index (κ1) is 13.1. The number of likely N-dealkylation sites (tertiary alicyclic amines) is 1. The number of hydrogen-bond acceptors (Lipinski definition) is 3. The van der Waals surface area contributed by atoms with Crippen molar-refractivity contribution in [1.82, 2.24) is 4.90 Å².